The third-order valence-corrected chi connectivity index (χ3v) is 7.96. The molecule has 0 amide bonds. The summed E-state index contributed by atoms with van der Waals surface area (Å²) < 4.78 is 86.9. The Kier molecular flexibility index (Phi) is 7.12. The fraction of sp³-hybridized carbons (Fsp3) is 0.615. The predicted molar refractivity (Wildman–Crippen MR) is 126 cm³/mol. The topological polar surface area (TPSA) is 50.3 Å². The molecule has 1 N–H and O–H groups in total. The van der Waals surface area contributed by atoms with Gasteiger partial charge in [-0.05, 0) is 74.1 Å². The van der Waals surface area contributed by atoms with E-state index < -0.39 is 23.5 Å². The number of benzene rings is 1. The maximum absolute atomic E-state index is 14.0. The van der Waals surface area contributed by atoms with Crippen LogP contribution < -0.4 is 5.32 Å². The van der Waals surface area contributed by atoms with E-state index in [0.717, 1.165) is 76.7 Å². The Morgan fingerprint density at radius 2 is 1.62 bits per heavy atom. The maximum Gasteiger partial charge on any atom is 0.420 e. The summed E-state index contributed by atoms with van der Waals surface area (Å²) >= 11 is 0. The van der Waals surface area contributed by atoms with Crippen LogP contribution >= 0.6 is 0 Å². The van der Waals surface area contributed by atoms with E-state index in [-0.39, 0.29) is 23.1 Å². The van der Waals surface area contributed by atoms with Crippen molar-refractivity contribution in [2.75, 3.05) is 38.2 Å². The van der Waals surface area contributed by atoms with Gasteiger partial charge in [-0.3, -0.25) is 0 Å². The van der Waals surface area contributed by atoms with Gasteiger partial charge in [-0.2, -0.15) is 26.3 Å². The van der Waals surface area contributed by atoms with Crippen LogP contribution in [0.2, 0.25) is 0 Å². The van der Waals surface area contributed by atoms with Gasteiger partial charge in [0.25, 0.3) is 0 Å². The maximum atomic E-state index is 14.0. The molecule has 0 radical (unpaired) electrons. The molecule has 3 aliphatic rings. The monoisotopic (exact) mass is 528 g/mol. The van der Waals surface area contributed by atoms with Crippen molar-refractivity contribution in [2.24, 2.45) is 17.8 Å². The van der Waals surface area contributed by atoms with Crippen molar-refractivity contribution in [3.05, 3.63) is 41.0 Å². The lowest BCUT2D eigenvalue weighted by Gasteiger charge is -2.28. The molecule has 5 nitrogen and oxygen atoms in total. The minimum atomic E-state index is -4.74. The van der Waals surface area contributed by atoms with E-state index in [2.05, 4.69) is 20.4 Å². The number of aromatic nitrogens is 2. The zero-order valence-corrected chi connectivity index (χ0v) is 20.5. The predicted octanol–water partition coefficient (Wildman–Crippen LogP) is 6.04. The smallest absolute Gasteiger partial charge is 0.381 e. The number of hydrogen-bond acceptors (Lipinski definition) is 5. The highest BCUT2D eigenvalue weighted by Gasteiger charge is 2.43. The van der Waals surface area contributed by atoms with Crippen LogP contribution in [-0.4, -0.2) is 54.0 Å². The lowest BCUT2D eigenvalue weighted by molar-refractivity contribution is -0.138. The summed E-state index contributed by atoms with van der Waals surface area (Å²) in [5, 5.41) is 10.7. The Bertz CT molecular complexity index is 1100. The number of fused-ring (bicyclic) bond motifs is 1. The summed E-state index contributed by atoms with van der Waals surface area (Å²) in [6.07, 6.45) is -5.70. The van der Waals surface area contributed by atoms with Gasteiger partial charge in [0.05, 0.1) is 11.3 Å². The summed E-state index contributed by atoms with van der Waals surface area (Å²) in [6.45, 7) is 6.10. The third kappa shape index (κ3) is 5.87. The zero-order valence-electron chi connectivity index (χ0n) is 20.5. The minimum Gasteiger partial charge on any atom is -0.381 e. The van der Waals surface area contributed by atoms with Crippen LogP contribution in [0.3, 0.4) is 0 Å². The lowest BCUT2D eigenvalue weighted by atomic mass is 10.00. The SMILES string of the molecule is Cc1ccc(C(F)(F)F)cc1-c1cc(C(F)(F)F)c(N[C@H]2C[C@@H]3CN(CC4CCOCC4)C[C@@H]3C2)nn1. The first kappa shape index (κ1) is 26.2. The van der Waals surface area contributed by atoms with E-state index in [1.165, 1.54) is 13.0 Å². The fourth-order valence-electron chi connectivity index (χ4n) is 6.07. The van der Waals surface area contributed by atoms with Crippen LogP contribution in [0.4, 0.5) is 32.2 Å². The Balaban J connectivity index is 1.29. The number of nitrogens with zero attached hydrogens (tertiary/aromatic N) is 3. The highest BCUT2D eigenvalue weighted by molar-refractivity contribution is 5.67. The van der Waals surface area contributed by atoms with Crippen LogP contribution in [0.25, 0.3) is 11.3 Å². The molecule has 2 saturated heterocycles. The molecule has 0 unspecified atom stereocenters. The highest BCUT2D eigenvalue weighted by atomic mass is 19.4. The molecule has 2 aromatic rings. The van der Waals surface area contributed by atoms with E-state index in [4.69, 9.17) is 4.74 Å². The summed E-state index contributed by atoms with van der Waals surface area (Å²) in [5.74, 6) is 1.12. The lowest BCUT2D eigenvalue weighted by Crippen LogP contribution is -2.32. The number of nitrogens with one attached hydrogen (secondary N) is 1. The molecule has 0 spiro atoms. The van der Waals surface area contributed by atoms with Gasteiger partial charge in [0.2, 0.25) is 0 Å². The normalized spacial score (nSPS) is 25.4. The fourth-order valence-corrected chi connectivity index (χ4v) is 6.07. The van der Waals surface area contributed by atoms with E-state index in [1.54, 1.807) is 0 Å². The molecule has 3 heterocycles. The van der Waals surface area contributed by atoms with E-state index >= 15 is 0 Å². The number of likely N-dealkylation sites (tertiary alicyclic amines) is 1. The molecular formula is C26H30F6N4O. The Morgan fingerprint density at radius 3 is 2.24 bits per heavy atom. The molecule has 11 heteroatoms. The Morgan fingerprint density at radius 1 is 0.946 bits per heavy atom. The Labute approximate surface area is 211 Å². The second-order valence-corrected chi connectivity index (χ2v) is 10.6. The van der Waals surface area contributed by atoms with E-state index in [0.29, 0.717) is 23.3 Å². The highest BCUT2D eigenvalue weighted by Crippen LogP contribution is 2.42. The van der Waals surface area contributed by atoms with Crippen molar-refractivity contribution < 1.29 is 31.1 Å². The standard InChI is InChI=1S/C26H30F6N4O/c1-15-2-3-19(25(27,28)29)10-21(15)23-11-22(26(30,31)32)24(35-34-23)33-20-8-17-13-36(14-18(17)9-20)12-16-4-6-37-7-5-16/h2-3,10-11,16-18,20H,4-9,12-14H2,1H3,(H,33,35)/t17-,18+,20+. The molecule has 37 heavy (non-hydrogen) atoms. The second-order valence-electron chi connectivity index (χ2n) is 10.6. The first-order valence-corrected chi connectivity index (χ1v) is 12.7. The molecule has 3 atom stereocenters. The van der Waals surface area contributed by atoms with Gasteiger partial charge in [0, 0.05) is 44.5 Å². The number of aryl methyl sites for hydroxylation is 1. The van der Waals surface area contributed by atoms with Gasteiger partial charge in [0.1, 0.15) is 5.56 Å². The van der Waals surface area contributed by atoms with E-state index in [1.807, 2.05) is 0 Å². The van der Waals surface area contributed by atoms with Crippen molar-refractivity contribution in [1.82, 2.24) is 15.1 Å². The van der Waals surface area contributed by atoms with Gasteiger partial charge >= 0.3 is 12.4 Å². The van der Waals surface area contributed by atoms with Gasteiger partial charge in [-0.15, -0.1) is 10.2 Å². The van der Waals surface area contributed by atoms with Gasteiger partial charge in [-0.25, -0.2) is 0 Å². The van der Waals surface area contributed by atoms with E-state index in [9.17, 15) is 26.3 Å². The number of ether oxygens (including phenoxy) is 1. The van der Waals surface area contributed by atoms with Gasteiger partial charge < -0.3 is 15.0 Å². The first-order valence-electron chi connectivity index (χ1n) is 12.7. The summed E-state index contributed by atoms with van der Waals surface area (Å²) in [7, 11) is 0. The van der Waals surface area contributed by atoms with Gasteiger partial charge in [0.15, 0.2) is 5.82 Å². The first-order chi connectivity index (χ1) is 17.5. The van der Waals surface area contributed by atoms with Crippen LogP contribution in [-0.2, 0) is 17.1 Å². The van der Waals surface area contributed by atoms with Crippen molar-refractivity contribution in [3.63, 3.8) is 0 Å². The summed E-state index contributed by atoms with van der Waals surface area (Å²) in [4.78, 5) is 2.48. The van der Waals surface area contributed by atoms with Crippen LogP contribution in [0.5, 0.6) is 0 Å². The number of rotatable bonds is 5. The molecule has 1 aliphatic carbocycles. The molecule has 0 bridgehead atoms. The average Bonchev–Trinajstić information content (AvgIpc) is 3.37. The third-order valence-electron chi connectivity index (χ3n) is 7.96. The molecule has 1 aromatic carbocycles. The molecule has 3 fully saturated rings. The zero-order chi connectivity index (χ0) is 26.4. The largest absolute Gasteiger partial charge is 0.420 e. The number of halogens is 6. The van der Waals surface area contributed by atoms with Gasteiger partial charge in [-0.1, -0.05) is 6.07 Å². The summed E-state index contributed by atoms with van der Waals surface area (Å²) in [6, 6.07) is 3.58. The molecule has 2 aliphatic heterocycles. The van der Waals surface area contributed by atoms with Crippen molar-refractivity contribution in [3.8, 4) is 11.3 Å². The number of alkyl halides is 6. The quantitative estimate of drug-likeness (QED) is 0.480. The molecule has 1 saturated carbocycles. The van der Waals surface area contributed by atoms with Crippen LogP contribution in [0, 0.1) is 24.7 Å². The molecular weight excluding hydrogens is 498 g/mol. The van der Waals surface area contributed by atoms with Crippen molar-refractivity contribution >= 4 is 5.82 Å². The summed E-state index contributed by atoms with van der Waals surface area (Å²) in [5.41, 5.74) is -1.86. The molecule has 5 rings (SSSR count). The Hall–Kier alpha value is -2.40. The van der Waals surface area contributed by atoms with Crippen LogP contribution in [0.15, 0.2) is 24.3 Å². The van der Waals surface area contributed by atoms with Crippen molar-refractivity contribution in [1.29, 1.82) is 0 Å². The molecule has 202 valence electrons. The molecule has 1 aromatic heterocycles. The minimum absolute atomic E-state index is 0.0283. The number of hydrogen-bond donors (Lipinski definition) is 1. The average molecular weight is 529 g/mol. The second kappa shape index (κ2) is 10.1. The number of anilines is 1. The van der Waals surface area contributed by atoms with Crippen LogP contribution in [0.1, 0.15) is 42.4 Å². The van der Waals surface area contributed by atoms with Crippen molar-refractivity contribution in [2.45, 2.75) is 51.0 Å².